The lowest BCUT2D eigenvalue weighted by atomic mass is 9.82. The van der Waals surface area contributed by atoms with Gasteiger partial charge in [0.25, 0.3) is 10.0 Å². The van der Waals surface area contributed by atoms with Crippen molar-refractivity contribution >= 4 is 32.4 Å². The number of methoxy groups -OCH3 is 1. The van der Waals surface area contributed by atoms with Crippen molar-refractivity contribution in [2.75, 3.05) is 17.6 Å². The average molecular weight is 589 g/mol. The van der Waals surface area contributed by atoms with E-state index in [9.17, 15) is 12.8 Å². The smallest absolute Gasteiger partial charge is 0.265 e. The first-order chi connectivity index (χ1) is 19.4. The molecule has 1 saturated carbocycles. The molecule has 2 aromatic carbocycles. The Kier molecular flexibility index (Phi) is 7.60. The molecule has 0 radical (unpaired) electrons. The van der Waals surface area contributed by atoms with Crippen molar-refractivity contribution in [2.24, 2.45) is 5.73 Å². The second-order valence-electron chi connectivity index (χ2n) is 10.5. The minimum absolute atomic E-state index is 0.0723. The van der Waals surface area contributed by atoms with Crippen LogP contribution in [0.15, 0.2) is 41.4 Å². The van der Waals surface area contributed by atoms with E-state index in [2.05, 4.69) is 10.1 Å². The molecular weight excluding hydrogens is 557 g/mol. The summed E-state index contributed by atoms with van der Waals surface area (Å²) in [5.74, 6) is -2.80. The number of aromatic nitrogens is 3. The molecule has 0 spiro atoms. The molecule has 0 amide bonds. The number of ether oxygens (including phenoxy) is 1. The van der Waals surface area contributed by atoms with Crippen molar-refractivity contribution in [3.8, 4) is 17.0 Å². The summed E-state index contributed by atoms with van der Waals surface area (Å²) in [7, 11) is -3.35. The number of benzene rings is 2. The van der Waals surface area contributed by atoms with E-state index in [1.807, 2.05) is 18.6 Å². The molecule has 0 unspecified atom stereocenters. The lowest BCUT2D eigenvalue weighted by molar-refractivity contribution is 0.395. The molecule has 5 N–H and O–H groups in total. The van der Waals surface area contributed by atoms with E-state index in [4.69, 9.17) is 16.2 Å². The second-order valence-corrected chi connectivity index (χ2v) is 12.2. The first-order valence-corrected chi connectivity index (χ1v) is 14.7. The number of anilines is 2. The number of halogens is 3. The summed E-state index contributed by atoms with van der Waals surface area (Å²) in [5, 5.41) is 5.02. The highest BCUT2D eigenvalue weighted by atomic mass is 32.2. The predicted octanol–water partition coefficient (Wildman–Crippen LogP) is 5.47. The molecule has 4 aromatic rings. The molecule has 13 heteroatoms. The first kappa shape index (κ1) is 28.7. The van der Waals surface area contributed by atoms with Gasteiger partial charge in [-0.15, -0.1) is 0 Å². The Balaban J connectivity index is 1.60. The van der Waals surface area contributed by atoms with Crippen LogP contribution < -0.4 is 20.9 Å². The number of rotatable bonds is 7. The number of nitrogens with two attached hydrogens (primary N) is 2. The Morgan fingerprint density at radius 2 is 1.76 bits per heavy atom. The number of nitrogens with one attached hydrogen (secondary N) is 1. The normalized spacial score (nSPS) is 17.8. The molecule has 5 rings (SSSR count). The van der Waals surface area contributed by atoms with E-state index in [0.29, 0.717) is 17.0 Å². The highest BCUT2D eigenvalue weighted by Gasteiger charge is 2.29. The quantitative estimate of drug-likeness (QED) is 0.260. The zero-order chi connectivity index (χ0) is 29.6. The number of hydrogen-bond donors (Lipinski definition) is 3. The van der Waals surface area contributed by atoms with Crippen LogP contribution in [-0.2, 0) is 10.0 Å². The zero-order valence-corrected chi connectivity index (χ0v) is 23.6. The minimum atomic E-state index is -4.63. The number of pyridine rings is 1. The fourth-order valence-corrected chi connectivity index (χ4v) is 6.48. The second kappa shape index (κ2) is 10.9. The zero-order valence-electron chi connectivity index (χ0n) is 22.8. The lowest BCUT2D eigenvalue weighted by Gasteiger charge is -2.27. The molecule has 0 atom stereocenters. The van der Waals surface area contributed by atoms with Crippen molar-refractivity contribution in [3.63, 3.8) is 0 Å². The maximum Gasteiger partial charge on any atom is 0.265 e. The van der Waals surface area contributed by atoms with Crippen molar-refractivity contribution in [3.05, 3.63) is 59.5 Å². The highest BCUT2D eigenvalue weighted by molar-refractivity contribution is 7.92. The Morgan fingerprint density at radius 3 is 2.41 bits per heavy atom. The van der Waals surface area contributed by atoms with Crippen molar-refractivity contribution < 1.29 is 26.3 Å². The van der Waals surface area contributed by atoms with Crippen LogP contribution >= 0.6 is 0 Å². The van der Waals surface area contributed by atoms with Gasteiger partial charge in [-0.2, -0.15) is 5.10 Å². The van der Waals surface area contributed by atoms with Crippen molar-refractivity contribution in [1.82, 2.24) is 14.8 Å². The van der Waals surface area contributed by atoms with Gasteiger partial charge in [-0.1, -0.05) is 0 Å². The van der Waals surface area contributed by atoms with E-state index in [-0.39, 0.29) is 40.8 Å². The van der Waals surface area contributed by atoms with Crippen LogP contribution in [-0.4, -0.2) is 36.3 Å². The van der Waals surface area contributed by atoms with Gasteiger partial charge in [0.05, 0.1) is 23.7 Å². The SMILES string of the molecule is COc1ccc(F)c(S(=O)(=O)Nc2cc(F)c(-c3nn(C(C)C)c4c3c(N)ncc4[C@H]3CC[C@H](N)CC3)cc2F)c1. The summed E-state index contributed by atoms with van der Waals surface area (Å²) in [5.41, 5.74) is 13.2. The molecule has 218 valence electrons. The largest absolute Gasteiger partial charge is 0.497 e. The maximum atomic E-state index is 15.6. The Hall–Kier alpha value is -3.84. The molecule has 0 bridgehead atoms. The van der Waals surface area contributed by atoms with Crippen LogP contribution in [0.2, 0.25) is 0 Å². The van der Waals surface area contributed by atoms with Crippen molar-refractivity contribution in [1.29, 1.82) is 0 Å². The number of hydrogen-bond acceptors (Lipinski definition) is 7. The fourth-order valence-electron chi connectivity index (χ4n) is 5.33. The third-order valence-corrected chi connectivity index (χ3v) is 8.85. The van der Waals surface area contributed by atoms with Gasteiger partial charge >= 0.3 is 0 Å². The number of fused-ring (bicyclic) bond motifs is 1. The standard InChI is InChI=1S/C28H31F3N6O3S/c1-14(2)37-27-19(15-4-6-16(32)7-5-15)13-34-28(33)25(27)26(35-37)18-11-22(31)23(12-21(18)30)36-41(38,39)24-10-17(40-3)8-9-20(24)29/h8-16,36H,4-7,32H2,1-3H3,(H2,33,34)/t15-,16-. The van der Waals surface area contributed by atoms with Gasteiger partial charge < -0.3 is 16.2 Å². The maximum absolute atomic E-state index is 15.6. The Labute approximate surface area is 235 Å². The van der Waals surface area contributed by atoms with Gasteiger partial charge in [-0.05, 0) is 69.2 Å². The van der Waals surface area contributed by atoms with E-state index in [0.717, 1.165) is 49.4 Å². The van der Waals surface area contributed by atoms with Gasteiger partial charge in [0.2, 0.25) is 0 Å². The minimum Gasteiger partial charge on any atom is -0.497 e. The van der Waals surface area contributed by atoms with Crippen LogP contribution in [0.5, 0.6) is 5.75 Å². The van der Waals surface area contributed by atoms with Crippen LogP contribution in [0.3, 0.4) is 0 Å². The van der Waals surface area contributed by atoms with Gasteiger partial charge in [0.1, 0.15) is 39.6 Å². The molecule has 1 aliphatic rings. The number of sulfonamides is 1. The summed E-state index contributed by atoms with van der Waals surface area (Å²) in [4.78, 5) is 3.59. The molecule has 2 heterocycles. The first-order valence-electron chi connectivity index (χ1n) is 13.2. The van der Waals surface area contributed by atoms with Crippen LogP contribution in [0.4, 0.5) is 24.7 Å². The summed E-state index contributed by atoms with van der Waals surface area (Å²) in [6, 6.07) is 4.61. The predicted molar refractivity (Wildman–Crippen MR) is 151 cm³/mol. The molecular formula is C28H31F3N6O3S. The monoisotopic (exact) mass is 588 g/mol. The van der Waals surface area contributed by atoms with Crippen LogP contribution in [0, 0.1) is 17.5 Å². The number of nitrogens with zero attached hydrogens (tertiary/aromatic N) is 3. The molecule has 1 aliphatic carbocycles. The summed E-state index contributed by atoms with van der Waals surface area (Å²) in [6.07, 6.45) is 5.14. The van der Waals surface area contributed by atoms with Gasteiger partial charge in [0.15, 0.2) is 0 Å². The van der Waals surface area contributed by atoms with Crippen LogP contribution in [0.25, 0.3) is 22.2 Å². The third-order valence-electron chi connectivity index (χ3n) is 7.47. The van der Waals surface area contributed by atoms with E-state index < -0.39 is 38.1 Å². The highest BCUT2D eigenvalue weighted by Crippen LogP contribution is 2.42. The van der Waals surface area contributed by atoms with E-state index in [1.165, 1.54) is 13.2 Å². The molecule has 2 aromatic heterocycles. The molecule has 1 fully saturated rings. The van der Waals surface area contributed by atoms with E-state index in [1.54, 1.807) is 10.9 Å². The molecule has 0 saturated heterocycles. The Morgan fingerprint density at radius 1 is 1.05 bits per heavy atom. The van der Waals surface area contributed by atoms with Gasteiger partial charge in [-0.3, -0.25) is 9.40 Å². The summed E-state index contributed by atoms with van der Waals surface area (Å²) in [6.45, 7) is 3.83. The summed E-state index contributed by atoms with van der Waals surface area (Å²) < 4.78 is 79.7. The molecule has 41 heavy (non-hydrogen) atoms. The molecule has 9 nitrogen and oxygen atoms in total. The lowest BCUT2D eigenvalue weighted by Crippen LogP contribution is -2.26. The molecule has 0 aliphatic heterocycles. The average Bonchev–Trinajstić information content (AvgIpc) is 3.33. The van der Waals surface area contributed by atoms with Gasteiger partial charge in [-0.25, -0.2) is 26.6 Å². The van der Waals surface area contributed by atoms with E-state index >= 15 is 8.78 Å². The van der Waals surface area contributed by atoms with Gasteiger partial charge in [0, 0.05) is 36.0 Å². The number of nitrogen functional groups attached to an aromatic ring is 1. The topological polar surface area (TPSA) is 138 Å². The summed E-state index contributed by atoms with van der Waals surface area (Å²) >= 11 is 0. The fraction of sp³-hybridized carbons (Fsp3) is 0.357. The van der Waals surface area contributed by atoms with Crippen LogP contribution in [0.1, 0.15) is 57.1 Å². The van der Waals surface area contributed by atoms with Crippen molar-refractivity contribution in [2.45, 2.75) is 62.4 Å². The Bertz CT molecular complexity index is 1730. The third kappa shape index (κ3) is 5.31.